The molecular weight excluding hydrogens is 352 g/mol. The van der Waals surface area contributed by atoms with Crippen LogP contribution in [-0.2, 0) is 21.9 Å². The topological polar surface area (TPSA) is 84.3 Å². The van der Waals surface area contributed by atoms with Crippen molar-refractivity contribution in [3.8, 4) is 0 Å². The van der Waals surface area contributed by atoms with E-state index in [1.807, 2.05) is 32.0 Å². The van der Waals surface area contributed by atoms with Gasteiger partial charge in [0, 0.05) is 32.0 Å². The number of piperidine rings is 1. The third-order valence-corrected chi connectivity index (χ3v) is 6.65. The van der Waals surface area contributed by atoms with Crippen LogP contribution >= 0.6 is 0 Å². The average molecular weight is 376 g/mol. The molecule has 0 aliphatic carbocycles. The molecule has 7 nitrogen and oxygen atoms in total. The van der Waals surface area contributed by atoms with E-state index in [0.717, 1.165) is 16.8 Å². The zero-order valence-corrected chi connectivity index (χ0v) is 16.1. The van der Waals surface area contributed by atoms with Crippen LogP contribution in [0.5, 0.6) is 0 Å². The SMILES string of the molecule is Cc1cccc(NC(=O)[C@@H]2CCCN(S(=O)(=O)c3cn(C)cn3)C2)c1C. The van der Waals surface area contributed by atoms with Gasteiger partial charge in [-0.25, -0.2) is 13.4 Å². The van der Waals surface area contributed by atoms with E-state index in [1.165, 1.54) is 16.8 Å². The lowest BCUT2D eigenvalue weighted by atomic mass is 9.98. The lowest BCUT2D eigenvalue weighted by Crippen LogP contribution is -2.43. The number of imidazole rings is 1. The van der Waals surface area contributed by atoms with Gasteiger partial charge < -0.3 is 9.88 Å². The molecule has 3 rings (SSSR count). The number of benzene rings is 1. The fraction of sp³-hybridized carbons (Fsp3) is 0.444. The fourth-order valence-corrected chi connectivity index (χ4v) is 4.64. The number of nitrogens with zero attached hydrogens (tertiary/aromatic N) is 3. The van der Waals surface area contributed by atoms with Gasteiger partial charge in [-0.15, -0.1) is 0 Å². The number of carbonyl (C=O) groups excluding carboxylic acids is 1. The van der Waals surface area contributed by atoms with E-state index in [-0.39, 0.29) is 23.4 Å². The van der Waals surface area contributed by atoms with Crippen LogP contribution in [0, 0.1) is 19.8 Å². The first-order valence-corrected chi connectivity index (χ1v) is 10.1. The van der Waals surface area contributed by atoms with Gasteiger partial charge in [-0.1, -0.05) is 12.1 Å². The Bertz CT molecular complexity index is 920. The molecule has 1 aromatic heterocycles. The highest BCUT2D eigenvalue weighted by Gasteiger charge is 2.34. The predicted octanol–water partition coefficient (Wildman–Crippen LogP) is 2.08. The van der Waals surface area contributed by atoms with Crippen LogP contribution in [0.1, 0.15) is 24.0 Å². The molecule has 1 saturated heterocycles. The summed E-state index contributed by atoms with van der Waals surface area (Å²) in [5, 5.41) is 2.98. The van der Waals surface area contributed by atoms with Gasteiger partial charge in [0.05, 0.1) is 12.2 Å². The summed E-state index contributed by atoms with van der Waals surface area (Å²) in [5.74, 6) is -0.512. The lowest BCUT2D eigenvalue weighted by Gasteiger charge is -2.30. The molecule has 0 radical (unpaired) electrons. The molecule has 0 spiro atoms. The Hall–Kier alpha value is -2.19. The number of hydrogen-bond donors (Lipinski definition) is 1. The summed E-state index contributed by atoms with van der Waals surface area (Å²) in [6.07, 6.45) is 4.26. The maximum atomic E-state index is 12.7. The minimum Gasteiger partial charge on any atom is -0.339 e. The van der Waals surface area contributed by atoms with Crippen molar-refractivity contribution in [2.24, 2.45) is 13.0 Å². The Kier molecular flexibility index (Phi) is 5.15. The van der Waals surface area contributed by atoms with Crippen LogP contribution in [0.15, 0.2) is 35.7 Å². The monoisotopic (exact) mass is 376 g/mol. The number of nitrogens with one attached hydrogen (secondary N) is 1. The number of carbonyl (C=O) groups is 1. The van der Waals surface area contributed by atoms with Gasteiger partial charge >= 0.3 is 0 Å². The van der Waals surface area contributed by atoms with E-state index < -0.39 is 10.0 Å². The summed E-state index contributed by atoms with van der Waals surface area (Å²) < 4.78 is 28.5. The van der Waals surface area contributed by atoms with Crippen molar-refractivity contribution in [3.05, 3.63) is 41.9 Å². The van der Waals surface area contributed by atoms with E-state index in [1.54, 1.807) is 11.6 Å². The van der Waals surface area contributed by atoms with Gasteiger partial charge in [0.2, 0.25) is 5.91 Å². The number of aromatic nitrogens is 2. The first kappa shape index (κ1) is 18.6. The van der Waals surface area contributed by atoms with Gasteiger partial charge in [0.1, 0.15) is 0 Å². The van der Waals surface area contributed by atoms with Crippen LogP contribution < -0.4 is 5.32 Å². The lowest BCUT2D eigenvalue weighted by molar-refractivity contribution is -0.120. The fourth-order valence-electron chi connectivity index (χ4n) is 3.15. The highest BCUT2D eigenvalue weighted by Crippen LogP contribution is 2.25. The molecule has 26 heavy (non-hydrogen) atoms. The highest BCUT2D eigenvalue weighted by atomic mass is 32.2. The van der Waals surface area contributed by atoms with Gasteiger partial charge in [0.15, 0.2) is 5.03 Å². The van der Waals surface area contributed by atoms with Crippen molar-refractivity contribution in [2.45, 2.75) is 31.7 Å². The number of hydrogen-bond acceptors (Lipinski definition) is 4. The van der Waals surface area contributed by atoms with Crippen molar-refractivity contribution in [3.63, 3.8) is 0 Å². The Balaban J connectivity index is 1.74. The minimum absolute atomic E-state index is 0.0237. The third kappa shape index (κ3) is 3.66. The summed E-state index contributed by atoms with van der Waals surface area (Å²) in [6, 6.07) is 5.76. The highest BCUT2D eigenvalue weighted by molar-refractivity contribution is 7.89. The Labute approximate surface area is 154 Å². The zero-order valence-electron chi connectivity index (χ0n) is 15.3. The average Bonchev–Trinajstić information content (AvgIpc) is 3.06. The van der Waals surface area contributed by atoms with Crippen molar-refractivity contribution in [1.82, 2.24) is 13.9 Å². The molecule has 2 aromatic rings. The number of sulfonamides is 1. The predicted molar refractivity (Wildman–Crippen MR) is 99.2 cm³/mol. The summed E-state index contributed by atoms with van der Waals surface area (Å²) in [4.78, 5) is 16.6. The second-order valence-electron chi connectivity index (χ2n) is 6.82. The first-order valence-electron chi connectivity index (χ1n) is 8.64. The molecule has 1 aromatic carbocycles. The summed E-state index contributed by atoms with van der Waals surface area (Å²) >= 11 is 0. The molecular formula is C18H24N4O3S. The van der Waals surface area contributed by atoms with Crippen molar-refractivity contribution >= 4 is 21.6 Å². The van der Waals surface area contributed by atoms with Crippen LogP contribution in [-0.4, -0.2) is 41.3 Å². The van der Waals surface area contributed by atoms with E-state index in [2.05, 4.69) is 10.3 Å². The Morgan fingerprint density at radius 1 is 1.31 bits per heavy atom. The number of rotatable bonds is 4. The molecule has 1 amide bonds. The Morgan fingerprint density at radius 2 is 2.08 bits per heavy atom. The quantitative estimate of drug-likeness (QED) is 0.885. The summed E-state index contributed by atoms with van der Waals surface area (Å²) in [7, 11) is -1.95. The van der Waals surface area contributed by atoms with Crippen LogP contribution in [0.3, 0.4) is 0 Å². The van der Waals surface area contributed by atoms with Crippen LogP contribution in [0.2, 0.25) is 0 Å². The second-order valence-corrected chi connectivity index (χ2v) is 8.70. The third-order valence-electron chi connectivity index (χ3n) is 4.90. The normalized spacial score (nSPS) is 18.7. The van der Waals surface area contributed by atoms with E-state index in [4.69, 9.17) is 0 Å². The van der Waals surface area contributed by atoms with Crippen molar-refractivity contribution in [1.29, 1.82) is 0 Å². The zero-order chi connectivity index (χ0) is 18.9. The molecule has 140 valence electrons. The van der Waals surface area contributed by atoms with Gasteiger partial charge in [0.25, 0.3) is 10.0 Å². The molecule has 1 fully saturated rings. The molecule has 2 heterocycles. The second kappa shape index (κ2) is 7.20. The number of anilines is 1. The largest absolute Gasteiger partial charge is 0.339 e. The van der Waals surface area contributed by atoms with Gasteiger partial charge in [-0.2, -0.15) is 4.31 Å². The van der Waals surface area contributed by atoms with E-state index in [9.17, 15) is 13.2 Å². The summed E-state index contributed by atoms with van der Waals surface area (Å²) in [6.45, 7) is 4.54. The van der Waals surface area contributed by atoms with Crippen molar-refractivity contribution in [2.75, 3.05) is 18.4 Å². The number of amides is 1. The van der Waals surface area contributed by atoms with Crippen LogP contribution in [0.25, 0.3) is 0 Å². The maximum Gasteiger partial charge on any atom is 0.262 e. The summed E-state index contributed by atoms with van der Waals surface area (Å²) in [5.41, 5.74) is 2.90. The van der Waals surface area contributed by atoms with E-state index >= 15 is 0 Å². The molecule has 8 heteroatoms. The van der Waals surface area contributed by atoms with Crippen LogP contribution in [0.4, 0.5) is 5.69 Å². The Morgan fingerprint density at radius 3 is 2.77 bits per heavy atom. The minimum atomic E-state index is -3.67. The molecule has 1 aliphatic rings. The smallest absolute Gasteiger partial charge is 0.262 e. The molecule has 0 unspecified atom stereocenters. The molecule has 1 aliphatic heterocycles. The number of aryl methyl sites for hydroxylation is 2. The van der Waals surface area contributed by atoms with Gasteiger partial charge in [-0.3, -0.25) is 4.79 Å². The first-order chi connectivity index (χ1) is 12.3. The molecule has 1 atom stereocenters. The van der Waals surface area contributed by atoms with Gasteiger partial charge in [-0.05, 0) is 43.9 Å². The maximum absolute atomic E-state index is 12.7. The standard InChI is InChI=1S/C18H24N4O3S/c1-13-6-4-8-16(14(13)2)20-18(23)15-7-5-9-22(10-15)26(24,25)17-11-21(3)12-19-17/h4,6,8,11-12,15H,5,7,9-10H2,1-3H3,(H,20,23)/t15-/m1/s1. The van der Waals surface area contributed by atoms with E-state index in [0.29, 0.717) is 19.4 Å². The molecule has 1 N–H and O–H groups in total. The molecule has 0 bridgehead atoms. The molecule has 0 saturated carbocycles. The van der Waals surface area contributed by atoms with Crippen molar-refractivity contribution < 1.29 is 13.2 Å².